The Balaban J connectivity index is 1.41. The van der Waals surface area contributed by atoms with Gasteiger partial charge in [0.15, 0.2) is 11.6 Å². The standard InChI is InChI=1S/C27H25F2NO4/c1-3-33-27(31)11-7-19-15-30-25-12-17(4-10-21(19)25)16-34-20-8-5-18(6-9-20)22-13-23(28)24(29)14-26(22)32-2/h4-6,8-10,12-15,30H,3,7,11,16H2,1-2H3. The van der Waals surface area contributed by atoms with Crippen molar-refractivity contribution in [3.8, 4) is 22.6 Å². The van der Waals surface area contributed by atoms with Gasteiger partial charge in [-0.25, -0.2) is 8.78 Å². The Morgan fingerprint density at radius 1 is 1.00 bits per heavy atom. The number of halogens is 2. The lowest BCUT2D eigenvalue weighted by Gasteiger charge is -2.11. The number of rotatable bonds is 9. The molecule has 1 N–H and O–H groups in total. The van der Waals surface area contributed by atoms with Gasteiger partial charge in [-0.2, -0.15) is 0 Å². The van der Waals surface area contributed by atoms with Crippen LogP contribution in [-0.2, 0) is 22.6 Å². The predicted octanol–water partition coefficient (Wildman–Crippen LogP) is 6.20. The fourth-order valence-electron chi connectivity index (χ4n) is 3.82. The third-order valence-corrected chi connectivity index (χ3v) is 5.55. The molecule has 7 heteroatoms. The monoisotopic (exact) mass is 465 g/mol. The van der Waals surface area contributed by atoms with Crippen LogP contribution >= 0.6 is 0 Å². The summed E-state index contributed by atoms with van der Waals surface area (Å²) in [4.78, 5) is 14.9. The lowest BCUT2D eigenvalue weighted by Crippen LogP contribution is -2.04. The predicted molar refractivity (Wildman–Crippen MR) is 126 cm³/mol. The molecule has 0 aliphatic carbocycles. The number of hydrogen-bond acceptors (Lipinski definition) is 4. The van der Waals surface area contributed by atoms with Crippen molar-refractivity contribution in [2.45, 2.75) is 26.4 Å². The van der Waals surface area contributed by atoms with E-state index in [1.165, 1.54) is 7.11 Å². The first-order chi connectivity index (χ1) is 16.5. The Morgan fingerprint density at radius 3 is 2.50 bits per heavy atom. The average molecular weight is 465 g/mol. The minimum absolute atomic E-state index is 0.198. The first-order valence-corrected chi connectivity index (χ1v) is 11.0. The molecule has 0 spiro atoms. The van der Waals surface area contributed by atoms with Crippen LogP contribution in [0.25, 0.3) is 22.0 Å². The second kappa shape index (κ2) is 10.4. The first-order valence-electron chi connectivity index (χ1n) is 11.0. The zero-order valence-corrected chi connectivity index (χ0v) is 19.0. The number of aromatic nitrogens is 1. The van der Waals surface area contributed by atoms with E-state index in [-0.39, 0.29) is 11.7 Å². The van der Waals surface area contributed by atoms with Crippen molar-refractivity contribution in [2.75, 3.05) is 13.7 Å². The van der Waals surface area contributed by atoms with Gasteiger partial charge in [0.1, 0.15) is 18.1 Å². The third-order valence-electron chi connectivity index (χ3n) is 5.55. The normalized spacial score (nSPS) is 10.9. The molecule has 4 rings (SSSR count). The molecule has 1 heterocycles. The molecule has 5 nitrogen and oxygen atoms in total. The number of nitrogens with one attached hydrogen (secondary N) is 1. The van der Waals surface area contributed by atoms with E-state index in [0.717, 1.165) is 34.2 Å². The smallest absolute Gasteiger partial charge is 0.306 e. The van der Waals surface area contributed by atoms with Gasteiger partial charge < -0.3 is 19.2 Å². The summed E-state index contributed by atoms with van der Waals surface area (Å²) < 4.78 is 43.3. The van der Waals surface area contributed by atoms with Crippen LogP contribution < -0.4 is 9.47 Å². The lowest BCUT2D eigenvalue weighted by atomic mass is 10.0. The zero-order chi connectivity index (χ0) is 24.1. The molecule has 0 aliphatic rings. The molecule has 176 valence electrons. The van der Waals surface area contributed by atoms with Crippen LogP contribution in [-0.4, -0.2) is 24.7 Å². The number of benzene rings is 3. The van der Waals surface area contributed by atoms with Crippen LogP contribution in [0.15, 0.2) is 60.8 Å². The fourth-order valence-corrected chi connectivity index (χ4v) is 3.82. The van der Waals surface area contributed by atoms with Gasteiger partial charge in [-0.1, -0.05) is 24.3 Å². The van der Waals surface area contributed by atoms with Crippen molar-refractivity contribution < 1.29 is 27.8 Å². The number of aromatic amines is 1. The second-order valence-corrected chi connectivity index (χ2v) is 7.78. The molecule has 0 bridgehead atoms. The molecule has 0 atom stereocenters. The number of hydrogen-bond donors (Lipinski definition) is 1. The second-order valence-electron chi connectivity index (χ2n) is 7.78. The van der Waals surface area contributed by atoms with Crippen LogP contribution in [0.1, 0.15) is 24.5 Å². The highest BCUT2D eigenvalue weighted by Crippen LogP contribution is 2.33. The summed E-state index contributed by atoms with van der Waals surface area (Å²) in [6.07, 6.45) is 2.88. The molecule has 0 aliphatic heterocycles. The molecule has 1 aromatic heterocycles. The highest BCUT2D eigenvalue weighted by molar-refractivity contribution is 5.84. The van der Waals surface area contributed by atoms with Gasteiger partial charge in [0, 0.05) is 35.2 Å². The van der Waals surface area contributed by atoms with Gasteiger partial charge in [-0.3, -0.25) is 4.79 Å². The molecule has 4 aromatic rings. The molecule has 0 unspecified atom stereocenters. The van der Waals surface area contributed by atoms with Crippen LogP contribution in [0.3, 0.4) is 0 Å². The minimum Gasteiger partial charge on any atom is -0.496 e. The number of fused-ring (bicyclic) bond motifs is 1. The molecular weight excluding hydrogens is 440 g/mol. The van der Waals surface area contributed by atoms with Crippen LogP contribution in [0.2, 0.25) is 0 Å². The topological polar surface area (TPSA) is 60.6 Å². The van der Waals surface area contributed by atoms with E-state index in [1.807, 2.05) is 24.4 Å². The molecule has 0 saturated heterocycles. The van der Waals surface area contributed by atoms with E-state index in [4.69, 9.17) is 14.2 Å². The van der Waals surface area contributed by atoms with Gasteiger partial charge >= 0.3 is 5.97 Å². The Kier molecular flexibility index (Phi) is 7.11. The van der Waals surface area contributed by atoms with E-state index >= 15 is 0 Å². The maximum atomic E-state index is 13.7. The lowest BCUT2D eigenvalue weighted by molar-refractivity contribution is -0.143. The van der Waals surface area contributed by atoms with Crippen molar-refractivity contribution in [2.24, 2.45) is 0 Å². The van der Waals surface area contributed by atoms with Gasteiger partial charge in [0.25, 0.3) is 0 Å². The van der Waals surface area contributed by atoms with Crippen molar-refractivity contribution in [1.29, 1.82) is 0 Å². The first kappa shape index (κ1) is 23.3. The molecule has 0 radical (unpaired) electrons. The number of esters is 1. The van der Waals surface area contributed by atoms with Gasteiger partial charge in [0.05, 0.1) is 13.7 Å². The number of carbonyl (C=O) groups is 1. The minimum atomic E-state index is -0.953. The number of methoxy groups -OCH3 is 1. The number of carbonyl (C=O) groups excluding carboxylic acids is 1. The summed E-state index contributed by atoms with van der Waals surface area (Å²) >= 11 is 0. The molecule has 0 amide bonds. The van der Waals surface area contributed by atoms with Crippen LogP contribution in [0.5, 0.6) is 11.5 Å². The van der Waals surface area contributed by atoms with E-state index < -0.39 is 11.6 Å². The number of H-pyrrole nitrogens is 1. The largest absolute Gasteiger partial charge is 0.496 e. The Hall–Kier alpha value is -3.87. The number of aryl methyl sites for hydroxylation is 1. The quantitative estimate of drug-likeness (QED) is 0.299. The Morgan fingerprint density at radius 2 is 1.76 bits per heavy atom. The Labute approximate surface area is 196 Å². The summed E-state index contributed by atoms with van der Waals surface area (Å²) in [5, 5.41) is 1.07. The van der Waals surface area contributed by atoms with E-state index in [9.17, 15) is 13.6 Å². The molecular formula is C27H25F2NO4. The molecule has 0 saturated carbocycles. The molecule has 34 heavy (non-hydrogen) atoms. The maximum absolute atomic E-state index is 13.7. The summed E-state index contributed by atoms with van der Waals surface area (Å²) in [5.41, 5.74) is 4.17. The Bertz CT molecular complexity index is 1300. The maximum Gasteiger partial charge on any atom is 0.306 e. The van der Waals surface area contributed by atoms with Crippen molar-refractivity contribution >= 4 is 16.9 Å². The van der Waals surface area contributed by atoms with Crippen LogP contribution in [0, 0.1) is 11.6 Å². The average Bonchev–Trinajstić information content (AvgIpc) is 3.25. The van der Waals surface area contributed by atoms with E-state index in [0.29, 0.717) is 42.9 Å². The molecule has 0 fully saturated rings. The van der Waals surface area contributed by atoms with Crippen molar-refractivity contribution in [3.63, 3.8) is 0 Å². The summed E-state index contributed by atoms with van der Waals surface area (Å²) in [5.74, 6) is -1.18. The van der Waals surface area contributed by atoms with Gasteiger partial charge in [-0.15, -0.1) is 0 Å². The van der Waals surface area contributed by atoms with E-state index in [2.05, 4.69) is 4.98 Å². The molecule has 3 aromatic carbocycles. The summed E-state index contributed by atoms with van der Waals surface area (Å²) in [7, 11) is 1.41. The van der Waals surface area contributed by atoms with Crippen molar-refractivity contribution in [1.82, 2.24) is 4.98 Å². The fraction of sp³-hybridized carbons (Fsp3) is 0.222. The van der Waals surface area contributed by atoms with Crippen molar-refractivity contribution in [3.05, 3.63) is 83.6 Å². The summed E-state index contributed by atoms with van der Waals surface area (Å²) in [6, 6.07) is 15.3. The number of ether oxygens (including phenoxy) is 3. The third kappa shape index (κ3) is 5.20. The van der Waals surface area contributed by atoms with Gasteiger partial charge in [0.2, 0.25) is 0 Å². The highest BCUT2D eigenvalue weighted by atomic mass is 19.2. The highest BCUT2D eigenvalue weighted by Gasteiger charge is 2.13. The zero-order valence-electron chi connectivity index (χ0n) is 19.0. The SMILES string of the molecule is CCOC(=O)CCc1c[nH]c2cc(COc3ccc(-c4cc(F)c(F)cc4OC)cc3)ccc12. The summed E-state index contributed by atoms with van der Waals surface area (Å²) in [6.45, 7) is 2.55. The van der Waals surface area contributed by atoms with Crippen LogP contribution in [0.4, 0.5) is 8.78 Å². The van der Waals surface area contributed by atoms with E-state index in [1.54, 1.807) is 31.2 Å². The van der Waals surface area contributed by atoms with Gasteiger partial charge in [-0.05, 0) is 54.3 Å².